The zero-order chi connectivity index (χ0) is 19.5. The molecule has 4 nitrogen and oxygen atoms in total. The lowest BCUT2D eigenvalue weighted by Crippen LogP contribution is -1.93. The molecule has 0 aromatic heterocycles. The summed E-state index contributed by atoms with van der Waals surface area (Å²) in [6, 6.07) is 24.0. The van der Waals surface area contributed by atoms with Crippen molar-refractivity contribution in [3.8, 4) is 0 Å². The first kappa shape index (κ1) is 24.0. The Morgan fingerprint density at radius 1 is 0.720 bits per heavy atom. The quantitative estimate of drug-likeness (QED) is 0.753. The van der Waals surface area contributed by atoms with Crippen molar-refractivity contribution in [2.24, 2.45) is 0 Å². The molecule has 0 saturated heterocycles. The summed E-state index contributed by atoms with van der Waals surface area (Å²) in [6.07, 6.45) is 0.0579. The monoisotopic (exact) mass is 346 g/mol. The molecule has 134 valence electrons. The number of benzene rings is 2. The average molecular weight is 346 g/mol. The third kappa shape index (κ3) is 20.8. The number of rotatable bonds is 2. The molecule has 0 unspecified atom stereocenters. The van der Waals surface area contributed by atoms with Gasteiger partial charge >= 0.3 is 11.9 Å². The summed E-state index contributed by atoms with van der Waals surface area (Å²) in [5, 5.41) is 15.8. The minimum absolute atomic E-state index is 0.0579. The van der Waals surface area contributed by atoms with E-state index in [9.17, 15) is 14.0 Å². The van der Waals surface area contributed by atoms with Crippen molar-refractivity contribution >= 4 is 11.9 Å². The van der Waals surface area contributed by atoms with E-state index in [1.807, 2.05) is 72.8 Å². The van der Waals surface area contributed by atoms with Crippen LogP contribution >= 0.6 is 0 Å². The van der Waals surface area contributed by atoms with E-state index in [1.165, 1.54) is 13.8 Å². The Kier molecular flexibility index (Phi) is 16.5. The highest BCUT2D eigenvalue weighted by atomic mass is 19.1. The van der Waals surface area contributed by atoms with Crippen molar-refractivity contribution in [3.63, 3.8) is 0 Å². The molecule has 0 amide bonds. The number of carboxylic acids is 2. The van der Waals surface area contributed by atoms with Crippen molar-refractivity contribution in [2.75, 3.05) is 0 Å². The topological polar surface area (TPSA) is 74.6 Å². The zero-order valence-corrected chi connectivity index (χ0v) is 14.3. The summed E-state index contributed by atoms with van der Waals surface area (Å²) in [7, 11) is 0. The molecular weight excluding hydrogens is 323 g/mol. The Morgan fingerprint density at radius 3 is 0.960 bits per heavy atom. The van der Waals surface area contributed by atoms with E-state index < -0.39 is 11.9 Å². The molecule has 2 aromatic rings. The molecule has 0 fully saturated rings. The Morgan fingerprint density at radius 2 is 0.920 bits per heavy atom. The fourth-order valence-corrected chi connectivity index (χ4v) is 0.816. The lowest BCUT2D eigenvalue weighted by atomic mass is 10.4. The highest BCUT2D eigenvalue weighted by molar-refractivity contribution is 5.85. The standard InChI is InChI=1S/2C6H6.C4H5FO2.C4H6O2/c2*1-2-4-6-5-3-1;1-3(2-5)4(6)7;1-3(2)4(5)6/h2*1-6H;2H,1H3,(H,6,7);1H2,2H3,(H,5,6). The van der Waals surface area contributed by atoms with Crippen LogP contribution in [0.3, 0.4) is 0 Å². The maximum atomic E-state index is 11.1. The molecule has 2 rings (SSSR count). The SMILES string of the molecule is C=C(C)C(=O)O.CC(=CF)C(=O)O.c1ccccc1.c1ccccc1. The van der Waals surface area contributed by atoms with Crippen LogP contribution in [0, 0.1) is 0 Å². The molecule has 0 spiro atoms. The van der Waals surface area contributed by atoms with E-state index in [1.54, 1.807) is 0 Å². The Bertz CT molecular complexity index is 526. The molecule has 0 aliphatic rings. The second-order valence-corrected chi connectivity index (χ2v) is 4.49. The first-order chi connectivity index (χ1) is 11.8. The van der Waals surface area contributed by atoms with Gasteiger partial charge in [0.15, 0.2) is 0 Å². The Balaban J connectivity index is 0. The molecule has 5 heteroatoms. The number of aliphatic carboxylic acids is 2. The molecular formula is C20H23FO4. The molecule has 2 aromatic carbocycles. The number of hydrogen-bond acceptors (Lipinski definition) is 2. The van der Waals surface area contributed by atoms with E-state index in [2.05, 4.69) is 6.58 Å². The summed E-state index contributed by atoms with van der Waals surface area (Å²) < 4.78 is 11.1. The fraction of sp³-hybridized carbons (Fsp3) is 0.100. The predicted molar refractivity (Wildman–Crippen MR) is 97.8 cm³/mol. The largest absolute Gasteiger partial charge is 0.478 e. The van der Waals surface area contributed by atoms with Crippen molar-refractivity contribution < 1.29 is 24.2 Å². The summed E-state index contributed by atoms with van der Waals surface area (Å²) >= 11 is 0. The van der Waals surface area contributed by atoms with E-state index in [0.29, 0.717) is 0 Å². The van der Waals surface area contributed by atoms with Crippen LogP contribution in [-0.4, -0.2) is 22.2 Å². The van der Waals surface area contributed by atoms with Gasteiger partial charge < -0.3 is 10.2 Å². The predicted octanol–water partition coefficient (Wildman–Crippen LogP) is 4.96. The van der Waals surface area contributed by atoms with Crippen LogP contribution in [0.25, 0.3) is 0 Å². The van der Waals surface area contributed by atoms with Gasteiger partial charge in [-0.25, -0.2) is 14.0 Å². The third-order valence-corrected chi connectivity index (χ3v) is 2.20. The lowest BCUT2D eigenvalue weighted by Gasteiger charge is -1.81. The average Bonchev–Trinajstić information content (AvgIpc) is 2.65. The zero-order valence-electron chi connectivity index (χ0n) is 14.3. The van der Waals surface area contributed by atoms with E-state index >= 15 is 0 Å². The third-order valence-electron chi connectivity index (χ3n) is 2.20. The van der Waals surface area contributed by atoms with Crippen LogP contribution in [-0.2, 0) is 9.59 Å². The van der Waals surface area contributed by atoms with Crippen LogP contribution in [0.1, 0.15) is 13.8 Å². The summed E-state index contributed by atoms with van der Waals surface area (Å²) in [4.78, 5) is 19.2. The molecule has 0 heterocycles. The Labute approximate surface area is 147 Å². The summed E-state index contributed by atoms with van der Waals surface area (Å²) in [5.74, 6) is -2.16. The summed E-state index contributed by atoms with van der Waals surface area (Å²) in [6.45, 7) is 5.78. The second-order valence-electron chi connectivity index (χ2n) is 4.49. The van der Waals surface area contributed by atoms with E-state index in [4.69, 9.17) is 10.2 Å². The molecule has 0 aliphatic carbocycles. The summed E-state index contributed by atoms with van der Waals surface area (Å²) in [5.41, 5.74) is -0.102. The van der Waals surface area contributed by atoms with Gasteiger partial charge in [-0.05, 0) is 13.8 Å². The van der Waals surface area contributed by atoms with Gasteiger partial charge in [0.25, 0.3) is 0 Å². The first-order valence-electron chi connectivity index (χ1n) is 7.22. The smallest absolute Gasteiger partial charge is 0.333 e. The van der Waals surface area contributed by atoms with Crippen LogP contribution < -0.4 is 0 Å². The number of hydrogen-bond donors (Lipinski definition) is 2. The minimum Gasteiger partial charge on any atom is -0.478 e. The fourth-order valence-electron chi connectivity index (χ4n) is 0.816. The van der Waals surface area contributed by atoms with Crippen molar-refractivity contribution in [1.82, 2.24) is 0 Å². The van der Waals surface area contributed by atoms with Crippen LogP contribution in [0.4, 0.5) is 4.39 Å². The Hall–Kier alpha value is -3.21. The van der Waals surface area contributed by atoms with Crippen LogP contribution in [0.5, 0.6) is 0 Å². The van der Waals surface area contributed by atoms with Gasteiger partial charge in [0.2, 0.25) is 0 Å². The van der Waals surface area contributed by atoms with Gasteiger partial charge in [0.1, 0.15) is 0 Å². The second kappa shape index (κ2) is 17.1. The van der Waals surface area contributed by atoms with Crippen LogP contribution in [0.15, 0.2) is 96.9 Å². The van der Waals surface area contributed by atoms with Gasteiger partial charge in [-0.1, -0.05) is 79.4 Å². The van der Waals surface area contributed by atoms with Gasteiger partial charge in [0, 0.05) is 5.57 Å². The highest BCUT2D eigenvalue weighted by Gasteiger charge is 1.95. The molecule has 0 atom stereocenters. The molecule has 0 radical (unpaired) electrons. The number of carboxylic acid groups (broad SMARTS) is 2. The maximum absolute atomic E-state index is 11.1. The molecule has 25 heavy (non-hydrogen) atoms. The maximum Gasteiger partial charge on any atom is 0.333 e. The number of halogens is 1. The van der Waals surface area contributed by atoms with Crippen molar-refractivity contribution in [1.29, 1.82) is 0 Å². The van der Waals surface area contributed by atoms with Gasteiger partial charge in [0.05, 0.1) is 11.9 Å². The van der Waals surface area contributed by atoms with E-state index in [0.717, 1.165) is 0 Å². The molecule has 2 N–H and O–H groups in total. The van der Waals surface area contributed by atoms with Crippen LogP contribution in [0.2, 0.25) is 0 Å². The van der Waals surface area contributed by atoms with E-state index in [-0.39, 0.29) is 17.5 Å². The lowest BCUT2D eigenvalue weighted by molar-refractivity contribution is -0.133. The van der Waals surface area contributed by atoms with Gasteiger partial charge in [-0.2, -0.15) is 0 Å². The molecule has 0 saturated carbocycles. The first-order valence-corrected chi connectivity index (χ1v) is 7.22. The normalized spacial score (nSPS) is 8.84. The molecule has 0 bridgehead atoms. The minimum atomic E-state index is -1.22. The van der Waals surface area contributed by atoms with Crippen molar-refractivity contribution in [3.05, 3.63) is 96.9 Å². The molecule has 0 aliphatic heterocycles. The number of carbonyl (C=O) groups is 2. The van der Waals surface area contributed by atoms with Crippen molar-refractivity contribution in [2.45, 2.75) is 13.8 Å². The highest BCUT2D eigenvalue weighted by Crippen LogP contribution is 1.89. The van der Waals surface area contributed by atoms with Gasteiger partial charge in [-0.15, -0.1) is 0 Å². The van der Waals surface area contributed by atoms with Gasteiger partial charge in [-0.3, -0.25) is 0 Å².